The van der Waals surface area contributed by atoms with Crippen molar-refractivity contribution < 1.29 is 9.59 Å². The number of hydrogen-bond acceptors (Lipinski definition) is 2. The Bertz CT molecular complexity index is 145. The fourth-order valence-corrected chi connectivity index (χ4v) is 1.52. The quantitative estimate of drug-likeness (QED) is 0.440. The largest absolute Gasteiger partial charge is 0.357 e. The van der Waals surface area contributed by atoms with E-state index in [0.29, 0.717) is 0 Å². The highest BCUT2D eigenvalue weighted by atomic mass is 28.3. The summed E-state index contributed by atoms with van der Waals surface area (Å²) in [5.41, 5.74) is 0. The van der Waals surface area contributed by atoms with Crippen molar-refractivity contribution in [2.45, 2.75) is 13.1 Å². The summed E-state index contributed by atoms with van der Waals surface area (Å²) in [4.78, 5) is 20.8. The molecule has 0 spiro atoms. The molecule has 0 bridgehead atoms. The number of carbonyl (C=O) groups excluding carboxylic acids is 2. The molecular weight excluding hydrogens is 160 g/mol. The molecule has 5 heteroatoms. The monoisotopic (exact) mass is 174 g/mol. The molecule has 0 heterocycles. The Labute approximate surface area is 67.9 Å². The van der Waals surface area contributed by atoms with Crippen LogP contribution in [0.2, 0.25) is 13.1 Å². The molecule has 64 valence electrons. The molecule has 0 aliphatic heterocycles. The lowest BCUT2D eigenvalue weighted by Crippen LogP contribution is -2.57. The predicted octanol–water partition coefficient (Wildman–Crippen LogP) is -0.135. The molecule has 0 aromatic rings. The smallest absolute Gasteiger partial charge is 0.261 e. The lowest BCUT2D eigenvalue weighted by atomic mass is 11.2. The molecule has 0 rings (SSSR count). The van der Waals surface area contributed by atoms with E-state index in [2.05, 4.69) is 0 Å². The molecule has 0 aliphatic rings. The molecule has 0 aromatic carbocycles. The van der Waals surface area contributed by atoms with Gasteiger partial charge < -0.3 is 9.13 Å². The summed E-state index contributed by atoms with van der Waals surface area (Å²) in [5, 5.41) is 0. The molecular formula is C6H14N2O2Si. The Morgan fingerprint density at radius 3 is 1.45 bits per heavy atom. The third kappa shape index (κ3) is 2.04. The number of nitrogens with zero attached hydrogens (tertiary/aromatic N) is 2. The van der Waals surface area contributed by atoms with Gasteiger partial charge in [0.2, 0.25) is 12.8 Å². The van der Waals surface area contributed by atoms with E-state index in [1.54, 1.807) is 23.2 Å². The van der Waals surface area contributed by atoms with Gasteiger partial charge in [-0.25, -0.2) is 0 Å². The first-order chi connectivity index (χ1) is 4.96. The highest BCUT2D eigenvalue weighted by Gasteiger charge is 2.30. The number of rotatable bonds is 4. The zero-order valence-corrected chi connectivity index (χ0v) is 8.37. The lowest BCUT2D eigenvalue weighted by molar-refractivity contribution is -0.115. The number of carbonyl (C=O) groups is 2. The van der Waals surface area contributed by atoms with Crippen LogP contribution in [0, 0.1) is 0 Å². The van der Waals surface area contributed by atoms with Crippen LogP contribution in [0.3, 0.4) is 0 Å². The van der Waals surface area contributed by atoms with Crippen LogP contribution in [0.1, 0.15) is 0 Å². The van der Waals surface area contributed by atoms with Crippen LogP contribution in [0.15, 0.2) is 0 Å². The fraction of sp³-hybridized carbons (Fsp3) is 0.667. The van der Waals surface area contributed by atoms with Crippen molar-refractivity contribution in [3.63, 3.8) is 0 Å². The Kier molecular flexibility index (Phi) is 3.25. The van der Waals surface area contributed by atoms with E-state index >= 15 is 0 Å². The second kappa shape index (κ2) is 3.52. The van der Waals surface area contributed by atoms with Crippen LogP contribution < -0.4 is 0 Å². The Morgan fingerprint density at radius 1 is 1.00 bits per heavy atom. The van der Waals surface area contributed by atoms with Crippen LogP contribution in [-0.2, 0) is 9.59 Å². The van der Waals surface area contributed by atoms with Crippen LogP contribution in [0.4, 0.5) is 0 Å². The third-order valence-electron chi connectivity index (χ3n) is 2.04. The standard InChI is InChI=1S/C6H14N2O2Si/c1-7(5-9)11(3,4)8(2)6-10/h5-6H,1-4H3. The van der Waals surface area contributed by atoms with Crippen molar-refractivity contribution in [1.29, 1.82) is 0 Å². The molecule has 11 heavy (non-hydrogen) atoms. The van der Waals surface area contributed by atoms with Gasteiger partial charge in [0.15, 0.2) is 0 Å². The molecule has 0 fully saturated rings. The van der Waals surface area contributed by atoms with Gasteiger partial charge in [-0.3, -0.25) is 9.59 Å². The van der Waals surface area contributed by atoms with E-state index in [9.17, 15) is 9.59 Å². The maximum Gasteiger partial charge on any atom is 0.261 e. The maximum atomic E-state index is 10.4. The minimum absolute atomic E-state index is 0.756. The Morgan fingerprint density at radius 2 is 1.27 bits per heavy atom. The van der Waals surface area contributed by atoms with Crippen LogP contribution in [0.5, 0.6) is 0 Å². The number of hydrogen-bond donors (Lipinski definition) is 0. The minimum atomic E-state index is -1.98. The Hall–Kier alpha value is -0.843. The van der Waals surface area contributed by atoms with E-state index in [1.165, 1.54) is 0 Å². The van der Waals surface area contributed by atoms with Crippen LogP contribution in [-0.4, -0.2) is 44.4 Å². The summed E-state index contributed by atoms with van der Waals surface area (Å²) in [6, 6.07) is 0. The molecule has 0 N–H and O–H groups in total. The van der Waals surface area contributed by atoms with Crippen molar-refractivity contribution in [2.24, 2.45) is 0 Å². The SMILES string of the molecule is CN(C=O)[Si](C)(C)N(C)C=O. The van der Waals surface area contributed by atoms with E-state index in [1.807, 2.05) is 13.1 Å². The van der Waals surface area contributed by atoms with Crippen LogP contribution in [0.25, 0.3) is 0 Å². The first-order valence-electron chi connectivity index (χ1n) is 3.33. The molecule has 0 radical (unpaired) electrons. The van der Waals surface area contributed by atoms with E-state index in [0.717, 1.165) is 12.8 Å². The second-order valence-corrected chi connectivity index (χ2v) is 7.33. The van der Waals surface area contributed by atoms with Crippen molar-refractivity contribution in [2.75, 3.05) is 14.1 Å². The first kappa shape index (κ1) is 10.2. The van der Waals surface area contributed by atoms with Gasteiger partial charge >= 0.3 is 0 Å². The highest BCUT2D eigenvalue weighted by molar-refractivity contribution is 6.74. The van der Waals surface area contributed by atoms with Gasteiger partial charge in [0, 0.05) is 14.1 Å². The zero-order chi connectivity index (χ0) is 9.07. The average Bonchev–Trinajstić information content (AvgIpc) is 2.01. The van der Waals surface area contributed by atoms with E-state index < -0.39 is 8.40 Å². The summed E-state index contributed by atoms with van der Waals surface area (Å²) >= 11 is 0. The second-order valence-electron chi connectivity index (χ2n) is 2.93. The summed E-state index contributed by atoms with van der Waals surface area (Å²) < 4.78 is 3.14. The van der Waals surface area contributed by atoms with Gasteiger partial charge in [-0.15, -0.1) is 0 Å². The van der Waals surface area contributed by atoms with Crippen molar-refractivity contribution in [3.8, 4) is 0 Å². The topological polar surface area (TPSA) is 40.6 Å². The summed E-state index contributed by atoms with van der Waals surface area (Å²) in [5.74, 6) is 0. The molecule has 0 saturated carbocycles. The van der Waals surface area contributed by atoms with Crippen LogP contribution >= 0.6 is 0 Å². The average molecular weight is 174 g/mol. The zero-order valence-electron chi connectivity index (χ0n) is 7.37. The molecule has 4 nitrogen and oxygen atoms in total. The lowest BCUT2D eigenvalue weighted by Gasteiger charge is -2.35. The summed E-state index contributed by atoms with van der Waals surface area (Å²) in [6.45, 7) is 3.85. The van der Waals surface area contributed by atoms with Gasteiger partial charge in [-0.05, 0) is 13.1 Å². The first-order valence-corrected chi connectivity index (χ1v) is 6.22. The van der Waals surface area contributed by atoms with Gasteiger partial charge in [0.05, 0.1) is 0 Å². The predicted molar refractivity (Wildman–Crippen MR) is 45.1 cm³/mol. The van der Waals surface area contributed by atoms with Gasteiger partial charge in [0.1, 0.15) is 0 Å². The van der Waals surface area contributed by atoms with Gasteiger partial charge in [-0.2, -0.15) is 0 Å². The molecule has 0 aromatic heterocycles. The van der Waals surface area contributed by atoms with Gasteiger partial charge in [-0.1, -0.05) is 0 Å². The third-order valence-corrected chi connectivity index (χ3v) is 5.71. The normalized spacial score (nSPS) is 10.5. The van der Waals surface area contributed by atoms with E-state index in [-0.39, 0.29) is 0 Å². The molecule has 0 saturated heterocycles. The molecule has 0 unspecified atom stereocenters. The highest BCUT2D eigenvalue weighted by Crippen LogP contribution is 2.07. The number of amides is 2. The summed E-state index contributed by atoms with van der Waals surface area (Å²) in [7, 11) is 1.41. The van der Waals surface area contributed by atoms with Crippen molar-refractivity contribution >= 4 is 21.2 Å². The van der Waals surface area contributed by atoms with Crippen molar-refractivity contribution in [3.05, 3.63) is 0 Å². The van der Waals surface area contributed by atoms with Gasteiger partial charge in [0.25, 0.3) is 8.40 Å². The Balaban J connectivity index is 4.41. The summed E-state index contributed by atoms with van der Waals surface area (Å²) in [6.07, 6.45) is 1.51. The van der Waals surface area contributed by atoms with Crippen molar-refractivity contribution in [1.82, 2.24) is 9.13 Å². The van der Waals surface area contributed by atoms with E-state index in [4.69, 9.17) is 0 Å². The fourth-order valence-electron chi connectivity index (χ4n) is 0.507. The minimum Gasteiger partial charge on any atom is -0.357 e. The molecule has 2 amide bonds. The molecule has 0 aliphatic carbocycles. The molecule has 0 atom stereocenters. The maximum absolute atomic E-state index is 10.4.